The van der Waals surface area contributed by atoms with Gasteiger partial charge in [-0.15, -0.1) is 0 Å². The smallest absolute Gasteiger partial charge is 0.0619 e. The van der Waals surface area contributed by atoms with Crippen molar-refractivity contribution in [2.45, 2.75) is 5.41 Å². The maximum Gasteiger partial charge on any atom is 0.0725 e. The maximum atomic E-state index is 2.35. The van der Waals surface area contributed by atoms with Crippen LogP contribution in [0.4, 0.5) is 0 Å². The second kappa shape index (κ2) is 5.24. The molecular formula is C29H18. The highest BCUT2D eigenvalue weighted by Gasteiger charge is 2.49. The molecule has 2 aliphatic rings. The monoisotopic (exact) mass is 366 g/mol. The Labute approximate surface area is 170 Å². The standard InChI is InChI=1S/C29H18/c1-4-15-24-20(11-1)21-12-2-5-16-25(21)29(24)26-17-6-3-13-22(26)23-14-7-9-19-10-8-18-27(29)28(19)23/h1-18H. The van der Waals surface area contributed by atoms with E-state index in [1.807, 2.05) is 0 Å². The van der Waals surface area contributed by atoms with E-state index in [-0.39, 0.29) is 5.41 Å². The van der Waals surface area contributed by atoms with Crippen molar-refractivity contribution in [2.75, 3.05) is 0 Å². The third kappa shape index (κ3) is 1.67. The fraction of sp³-hybridized carbons (Fsp3) is 0.0345. The molecule has 134 valence electrons. The topological polar surface area (TPSA) is 0 Å². The number of hydrogen-bond donors (Lipinski definition) is 0. The minimum Gasteiger partial charge on any atom is -0.0619 e. The summed E-state index contributed by atoms with van der Waals surface area (Å²) in [5.74, 6) is 0. The summed E-state index contributed by atoms with van der Waals surface area (Å²) in [5, 5.41) is 2.70. The maximum absolute atomic E-state index is 2.35. The molecular weight excluding hydrogens is 348 g/mol. The van der Waals surface area contributed by atoms with Crippen LogP contribution in [-0.4, -0.2) is 0 Å². The summed E-state index contributed by atoms with van der Waals surface area (Å²) >= 11 is 0. The average Bonchev–Trinajstić information content (AvgIpc) is 3.09. The van der Waals surface area contributed by atoms with Crippen molar-refractivity contribution in [1.82, 2.24) is 0 Å². The highest BCUT2D eigenvalue weighted by molar-refractivity contribution is 6.06. The van der Waals surface area contributed by atoms with E-state index in [0.717, 1.165) is 0 Å². The minimum atomic E-state index is -0.266. The Morgan fingerprint density at radius 2 is 0.759 bits per heavy atom. The third-order valence-electron chi connectivity index (χ3n) is 6.88. The van der Waals surface area contributed by atoms with E-state index in [0.29, 0.717) is 0 Å². The molecule has 1 spiro atoms. The Morgan fingerprint density at radius 1 is 0.345 bits per heavy atom. The molecule has 5 aromatic rings. The predicted octanol–water partition coefficient (Wildman–Crippen LogP) is 7.18. The van der Waals surface area contributed by atoms with Gasteiger partial charge in [0.15, 0.2) is 0 Å². The zero-order chi connectivity index (χ0) is 19.0. The SMILES string of the molecule is c1ccc2c(c1)-c1ccccc1C21c2ccccc2-c2cccc3cccc1c23. The summed E-state index contributed by atoms with van der Waals surface area (Å²) in [6, 6.07) is 40.5. The van der Waals surface area contributed by atoms with Crippen molar-refractivity contribution >= 4 is 10.8 Å². The van der Waals surface area contributed by atoms with Crippen LogP contribution in [0.2, 0.25) is 0 Å². The molecule has 0 heteroatoms. The normalized spacial score (nSPS) is 14.5. The fourth-order valence-electron chi connectivity index (χ4n) is 5.88. The molecule has 0 N–H and O–H groups in total. The van der Waals surface area contributed by atoms with Crippen LogP contribution in [-0.2, 0) is 5.41 Å². The summed E-state index contributed by atoms with van der Waals surface area (Å²) in [5.41, 5.74) is 10.7. The Balaban J connectivity index is 1.80. The van der Waals surface area contributed by atoms with Crippen LogP contribution in [0.25, 0.3) is 33.0 Å². The molecule has 0 radical (unpaired) electrons. The molecule has 0 unspecified atom stereocenters. The Kier molecular flexibility index (Phi) is 2.77. The van der Waals surface area contributed by atoms with Gasteiger partial charge in [-0.1, -0.05) is 109 Å². The van der Waals surface area contributed by atoms with Crippen LogP contribution in [0.5, 0.6) is 0 Å². The molecule has 0 fully saturated rings. The Hall–Kier alpha value is -3.64. The fourth-order valence-corrected chi connectivity index (χ4v) is 5.88. The van der Waals surface area contributed by atoms with Gasteiger partial charge in [0, 0.05) is 0 Å². The van der Waals surface area contributed by atoms with Crippen LogP contribution < -0.4 is 0 Å². The zero-order valence-electron chi connectivity index (χ0n) is 15.9. The van der Waals surface area contributed by atoms with Gasteiger partial charge < -0.3 is 0 Å². The number of fused-ring (bicyclic) bond motifs is 9. The number of rotatable bonds is 0. The lowest BCUT2D eigenvalue weighted by Crippen LogP contribution is -2.31. The molecule has 0 saturated carbocycles. The summed E-state index contributed by atoms with van der Waals surface area (Å²) in [6.45, 7) is 0. The number of hydrogen-bond acceptors (Lipinski definition) is 0. The highest BCUT2D eigenvalue weighted by Crippen LogP contribution is 2.61. The van der Waals surface area contributed by atoms with Gasteiger partial charge in [-0.25, -0.2) is 0 Å². The Morgan fingerprint density at radius 3 is 1.34 bits per heavy atom. The Bertz CT molecular complexity index is 1400. The van der Waals surface area contributed by atoms with Gasteiger partial charge in [-0.05, 0) is 55.3 Å². The van der Waals surface area contributed by atoms with Gasteiger partial charge in [-0.3, -0.25) is 0 Å². The molecule has 0 aromatic heterocycles. The number of benzene rings is 5. The van der Waals surface area contributed by atoms with Crippen molar-refractivity contribution in [2.24, 2.45) is 0 Å². The molecule has 5 aromatic carbocycles. The molecule has 0 heterocycles. The molecule has 2 aliphatic carbocycles. The molecule has 0 aliphatic heterocycles. The molecule has 0 saturated heterocycles. The van der Waals surface area contributed by atoms with E-state index in [1.54, 1.807) is 0 Å². The van der Waals surface area contributed by atoms with Crippen LogP contribution in [0.15, 0.2) is 109 Å². The quantitative estimate of drug-likeness (QED) is 0.267. The van der Waals surface area contributed by atoms with E-state index in [9.17, 15) is 0 Å². The van der Waals surface area contributed by atoms with E-state index >= 15 is 0 Å². The summed E-state index contributed by atoms with van der Waals surface area (Å²) in [7, 11) is 0. The first-order valence-electron chi connectivity index (χ1n) is 10.2. The van der Waals surface area contributed by atoms with E-state index in [1.165, 1.54) is 55.3 Å². The van der Waals surface area contributed by atoms with Gasteiger partial charge in [0.25, 0.3) is 0 Å². The second-order valence-corrected chi connectivity index (χ2v) is 8.10. The third-order valence-corrected chi connectivity index (χ3v) is 6.88. The molecule has 0 amide bonds. The van der Waals surface area contributed by atoms with Crippen LogP contribution in [0.1, 0.15) is 22.3 Å². The minimum absolute atomic E-state index is 0.266. The largest absolute Gasteiger partial charge is 0.0725 e. The van der Waals surface area contributed by atoms with Crippen molar-refractivity contribution in [3.63, 3.8) is 0 Å². The van der Waals surface area contributed by atoms with Gasteiger partial charge in [0.05, 0.1) is 5.41 Å². The van der Waals surface area contributed by atoms with E-state index in [4.69, 9.17) is 0 Å². The van der Waals surface area contributed by atoms with Crippen molar-refractivity contribution in [3.8, 4) is 22.3 Å². The molecule has 0 bridgehead atoms. The van der Waals surface area contributed by atoms with E-state index < -0.39 is 0 Å². The van der Waals surface area contributed by atoms with Gasteiger partial charge in [-0.2, -0.15) is 0 Å². The first-order chi connectivity index (χ1) is 14.4. The lowest BCUT2D eigenvalue weighted by Gasteiger charge is -2.40. The zero-order valence-corrected chi connectivity index (χ0v) is 15.9. The first kappa shape index (κ1) is 15.3. The van der Waals surface area contributed by atoms with Gasteiger partial charge in [0.2, 0.25) is 0 Å². The van der Waals surface area contributed by atoms with Crippen molar-refractivity contribution in [3.05, 3.63) is 131 Å². The van der Waals surface area contributed by atoms with Crippen molar-refractivity contribution in [1.29, 1.82) is 0 Å². The summed E-state index contributed by atoms with van der Waals surface area (Å²) in [4.78, 5) is 0. The predicted molar refractivity (Wildman–Crippen MR) is 120 cm³/mol. The summed E-state index contributed by atoms with van der Waals surface area (Å²) in [6.07, 6.45) is 0. The summed E-state index contributed by atoms with van der Waals surface area (Å²) < 4.78 is 0. The van der Waals surface area contributed by atoms with Crippen LogP contribution >= 0.6 is 0 Å². The van der Waals surface area contributed by atoms with Crippen molar-refractivity contribution < 1.29 is 0 Å². The molecule has 7 rings (SSSR count). The average molecular weight is 366 g/mol. The van der Waals surface area contributed by atoms with Crippen LogP contribution in [0, 0.1) is 0 Å². The second-order valence-electron chi connectivity index (χ2n) is 8.10. The molecule has 29 heavy (non-hydrogen) atoms. The van der Waals surface area contributed by atoms with Gasteiger partial charge in [0.1, 0.15) is 0 Å². The molecule has 0 atom stereocenters. The lowest BCUT2D eigenvalue weighted by atomic mass is 9.61. The molecule has 0 nitrogen and oxygen atoms in total. The highest BCUT2D eigenvalue weighted by atomic mass is 14.5. The first-order valence-corrected chi connectivity index (χ1v) is 10.2. The van der Waals surface area contributed by atoms with E-state index in [2.05, 4.69) is 109 Å². The van der Waals surface area contributed by atoms with Gasteiger partial charge >= 0.3 is 0 Å². The lowest BCUT2D eigenvalue weighted by molar-refractivity contribution is 0.773. The van der Waals surface area contributed by atoms with Crippen LogP contribution in [0.3, 0.4) is 0 Å².